The number of nitrogens with zero attached hydrogens (tertiary/aromatic N) is 2. The molecule has 0 bridgehead atoms. The lowest BCUT2D eigenvalue weighted by Gasteiger charge is -2.16. The molecule has 2 rings (SSSR count). The average Bonchev–Trinajstić information content (AvgIpc) is 2.99. The Labute approximate surface area is 122 Å². The van der Waals surface area contributed by atoms with E-state index in [1.54, 1.807) is 12.4 Å². The van der Waals surface area contributed by atoms with Crippen LogP contribution in [0.25, 0.3) is 0 Å². The van der Waals surface area contributed by atoms with Gasteiger partial charge in [0.25, 0.3) is 0 Å². The number of H-pyrrole nitrogens is 1. The molecule has 0 saturated carbocycles. The maximum Gasteiger partial charge on any atom is 0.337 e. The summed E-state index contributed by atoms with van der Waals surface area (Å²) in [6.45, 7) is 0.182. The third-order valence-electron chi connectivity index (χ3n) is 2.92. The van der Waals surface area contributed by atoms with Crippen LogP contribution in [0.1, 0.15) is 15.9 Å². The number of nitrogens with one attached hydrogen (secondary N) is 1. The SMILES string of the molecule is COC(=O)c1cccc(S(=O)(=O)N(C)Cc2cn[nH]c2)c1. The van der Waals surface area contributed by atoms with Crippen LogP contribution in [0.5, 0.6) is 0 Å². The third-order valence-corrected chi connectivity index (χ3v) is 4.72. The number of aromatic nitrogens is 2. The zero-order chi connectivity index (χ0) is 15.5. The second kappa shape index (κ2) is 6.06. The molecule has 0 fully saturated rings. The second-order valence-electron chi connectivity index (χ2n) is 4.39. The highest BCUT2D eigenvalue weighted by atomic mass is 32.2. The molecule has 0 amide bonds. The number of carbonyl (C=O) groups excluding carboxylic acids is 1. The van der Waals surface area contributed by atoms with E-state index in [1.807, 2.05) is 0 Å². The molecular formula is C13H15N3O4S. The predicted octanol–water partition coefficient (Wildman–Crippen LogP) is 1.02. The molecule has 1 aromatic heterocycles. The minimum Gasteiger partial charge on any atom is -0.465 e. The molecule has 0 spiro atoms. The Morgan fingerprint density at radius 1 is 1.43 bits per heavy atom. The molecule has 1 heterocycles. The monoisotopic (exact) mass is 309 g/mol. The normalized spacial score (nSPS) is 11.6. The number of hydrogen-bond acceptors (Lipinski definition) is 5. The Balaban J connectivity index is 2.28. The van der Waals surface area contributed by atoms with Crippen molar-refractivity contribution < 1.29 is 17.9 Å². The van der Waals surface area contributed by atoms with Gasteiger partial charge in [-0.25, -0.2) is 13.2 Å². The van der Waals surface area contributed by atoms with E-state index in [0.717, 1.165) is 5.56 Å². The Kier molecular flexibility index (Phi) is 4.39. The van der Waals surface area contributed by atoms with Gasteiger partial charge < -0.3 is 4.74 Å². The number of hydrogen-bond donors (Lipinski definition) is 1. The number of methoxy groups -OCH3 is 1. The maximum absolute atomic E-state index is 12.5. The minimum atomic E-state index is -3.70. The molecule has 21 heavy (non-hydrogen) atoms. The van der Waals surface area contributed by atoms with Crippen molar-refractivity contribution in [1.29, 1.82) is 0 Å². The van der Waals surface area contributed by atoms with Gasteiger partial charge in [-0.1, -0.05) is 6.07 Å². The summed E-state index contributed by atoms with van der Waals surface area (Å²) in [5.74, 6) is -0.579. The van der Waals surface area contributed by atoms with Gasteiger partial charge in [0.1, 0.15) is 0 Å². The number of ether oxygens (including phenoxy) is 1. The average molecular weight is 309 g/mol. The molecule has 0 atom stereocenters. The van der Waals surface area contributed by atoms with Crippen molar-refractivity contribution in [3.05, 3.63) is 47.8 Å². The first-order valence-electron chi connectivity index (χ1n) is 6.07. The molecule has 7 nitrogen and oxygen atoms in total. The van der Waals surface area contributed by atoms with Crippen LogP contribution in [0.4, 0.5) is 0 Å². The molecular weight excluding hydrogens is 294 g/mol. The summed E-state index contributed by atoms with van der Waals surface area (Å²) in [6.07, 6.45) is 3.17. The molecule has 2 aromatic rings. The van der Waals surface area contributed by atoms with Crippen molar-refractivity contribution in [1.82, 2.24) is 14.5 Å². The van der Waals surface area contributed by atoms with Crippen LogP contribution in [0, 0.1) is 0 Å². The van der Waals surface area contributed by atoms with Crippen LogP contribution in [-0.2, 0) is 21.3 Å². The van der Waals surface area contributed by atoms with E-state index in [-0.39, 0.29) is 17.0 Å². The fraction of sp³-hybridized carbons (Fsp3) is 0.231. The highest BCUT2D eigenvalue weighted by Gasteiger charge is 2.22. The number of sulfonamides is 1. The topological polar surface area (TPSA) is 92.4 Å². The predicted molar refractivity (Wildman–Crippen MR) is 75.0 cm³/mol. The van der Waals surface area contributed by atoms with Gasteiger partial charge in [0.05, 0.1) is 23.8 Å². The maximum atomic E-state index is 12.5. The zero-order valence-electron chi connectivity index (χ0n) is 11.6. The van der Waals surface area contributed by atoms with Gasteiger partial charge in [0, 0.05) is 25.4 Å². The van der Waals surface area contributed by atoms with E-state index in [0.29, 0.717) is 0 Å². The van der Waals surface area contributed by atoms with Crippen molar-refractivity contribution >= 4 is 16.0 Å². The van der Waals surface area contributed by atoms with Crippen molar-refractivity contribution in [3.8, 4) is 0 Å². The number of benzene rings is 1. The van der Waals surface area contributed by atoms with Crippen LogP contribution in [-0.4, -0.2) is 43.0 Å². The number of rotatable bonds is 5. The Morgan fingerprint density at radius 2 is 2.19 bits per heavy atom. The number of aromatic amines is 1. The third kappa shape index (κ3) is 3.29. The van der Waals surface area contributed by atoms with Crippen molar-refractivity contribution in [2.24, 2.45) is 0 Å². The van der Waals surface area contributed by atoms with Gasteiger partial charge in [-0.05, 0) is 18.2 Å². The van der Waals surface area contributed by atoms with Crippen LogP contribution in [0.3, 0.4) is 0 Å². The van der Waals surface area contributed by atoms with Crippen molar-refractivity contribution in [3.63, 3.8) is 0 Å². The summed E-state index contributed by atoms with van der Waals surface area (Å²) in [4.78, 5) is 11.5. The first-order valence-corrected chi connectivity index (χ1v) is 7.51. The summed E-state index contributed by atoms with van der Waals surface area (Å²) in [5, 5.41) is 6.40. The molecule has 1 aromatic carbocycles. The first kappa shape index (κ1) is 15.2. The van der Waals surface area contributed by atoms with E-state index >= 15 is 0 Å². The zero-order valence-corrected chi connectivity index (χ0v) is 12.4. The van der Waals surface area contributed by atoms with Gasteiger partial charge in [-0.3, -0.25) is 5.10 Å². The Morgan fingerprint density at radius 3 is 2.81 bits per heavy atom. The van der Waals surface area contributed by atoms with E-state index in [4.69, 9.17) is 0 Å². The van der Waals surface area contributed by atoms with Gasteiger partial charge in [-0.2, -0.15) is 9.40 Å². The molecule has 0 aliphatic rings. The number of esters is 1. The van der Waals surface area contributed by atoms with Crippen LogP contribution >= 0.6 is 0 Å². The lowest BCUT2D eigenvalue weighted by Crippen LogP contribution is -2.26. The van der Waals surface area contributed by atoms with Crippen LogP contribution in [0.15, 0.2) is 41.6 Å². The van der Waals surface area contributed by atoms with Crippen molar-refractivity contribution in [2.45, 2.75) is 11.4 Å². The highest BCUT2D eigenvalue weighted by Crippen LogP contribution is 2.18. The molecule has 0 saturated heterocycles. The Hall–Kier alpha value is -2.19. The van der Waals surface area contributed by atoms with E-state index in [1.165, 1.54) is 42.7 Å². The summed E-state index contributed by atoms with van der Waals surface area (Å²) in [5.41, 5.74) is 0.931. The highest BCUT2D eigenvalue weighted by molar-refractivity contribution is 7.89. The van der Waals surface area contributed by atoms with Crippen molar-refractivity contribution in [2.75, 3.05) is 14.2 Å². The van der Waals surface area contributed by atoms with Gasteiger partial charge in [-0.15, -0.1) is 0 Å². The minimum absolute atomic E-state index is 0.0383. The molecule has 0 unspecified atom stereocenters. The first-order chi connectivity index (χ1) is 9.95. The van der Waals surface area contributed by atoms with Crippen LogP contribution < -0.4 is 0 Å². The summed E-state index contributed by atoms with van der Waals surface area (Å²) in [6, 6.07) is 5.74. The smallest absolute Gasteiger partial charge is 0.337 e. The largest absolute Gasteiger partial charge is 0.465 e. The molecule has 8 heteroatoms. The van der Waals surface area contributed by atoms with E-state index < -0.39 is 16.0 Å². The van der Waals surface area contributed by atoms with Gasteiger partial charge in [0.15, 0.2) is 0 Å². The van der Waals surface area contributed by atoms with E-state index in [9.17, 15) is 13.2 Å². The molecule has 0 aliphatic heterocycles. The quantitative estimate of drug-likeness (QED) is 0.832. The molecule has 112 valence electrons. The van der Waals surface area contributed by atoms with Gasteiger partial charge >= 0.3 is 5.97 Å². The fourth-order valence-electron chi connectivity index (χ4n) is 1.79. The summed E-state index contributed by atoms with van der Waals surface area (Å²) in [7, 11) is -0.985. The Bertz CT molecular complexity index is 726. The summed E-state index contributed by atoms with van der Waals surface area (Å²) >= 11 is 0. The van der Waals surface area contributed by atoms with Gasteiger partial charge in [0.2, 0.25) is 10.0 Å². The standard InChI is InChI=1S/C13H15N3O4S/c1-16(9-10-7-14-15-8-10)21(18,19)12-5-3-4-11(6-12)13(17)20-2/h3-8H,9H2,1-2H3,(H,14,15). The second-order valence-corrected chi connectivity index (χ2v) is 6.43. The summed E-state index contributed by atoms with van der Waals surface area (Å²) < 4.78 is 30.7. The molecule has 1 N–H and O–H groups in total. The number of carbonyl (C=O) groups is 1. The van der Waals surface area contributed by atoms with E-state index in [2.05, 4.69) is 14.9 Å². The molecule has 0 radical (unpaired) electrons. The lowest BCUT2D eigenvalue weighted by atomic mass is 10.2. The van der Waals surface area contributed by atoms with Crippen LogP contribution in [0.2, 0.25) is 0 Å². The lowest BCUT2D eigenvalue weighted by molar-refractivity contribution is 0.0600. The molecule has 0 aliphatic carbocycles. The fourth-order valence-corrected chi connectivity index (χ4v) is 2.99.